The van der Waals surface area contributed by atoms with Gasteiger partial charge in [0, 0.05) is 6.07 Å². The summed E-state index contributed by atoms with van der Waals surface area (Å²) in [7, 11) is 0. The molecule has 0 aliphatic carbocycles. The zero-order valence-corrected chi connectivity index (χ0v) is 9.17. The second-order valence-electron chi connectivity index (χ2n) is 3.55. The maximum atomic E-state index is 11.0. The molecule has 0 saturated carbocycles. The molecule has 0 bridgehead atoms. The molecule has 0 atom stereocenters. The second kappa shape index (κ2) is 3.90. The number of halogens is 1. The topological polar surface area (TPSA) is 107 Å². The number of nitrogen functional groups attached to an aromatic ring is 1. The van der Waals surface area contributed by atoms with Crippen LogP contribution in [0.4, 0.5) is 11.8 Å². The van der Waals surface area contributed by atoms with E-state index in [2.05, 4.69) is 15.3 Å². The van der Waals surface area contributed by atoms with Gasteiger partial charge in [-0.05, 0) is 13.8 Å². The van der Waals surface area contributed by atoms with Gasteiger partial charge in [0.2, 0.25) is 11.9 Å². The SMILES string of the molecule is CC(C)(Nc1cc(Cl)nc(N)n1)C(N)=O. The lowest BCUT2D eigenvalue weighted by Crippen LogP contribution is -2.45. The van der Waals surface area contributed by atoms with Crippen LogP contribution in [0.15, 0.2) is 6.07 Å². The Morgan fingerprint density at radius 1 is 1.53 bits per heavy atom. The monoisotopic (exact) mass is 229 g/mol. The maximum Gasteiger partial charge on any atom is 0.242 e. The number of amides is 1. The molecule has 1 rings (SSSR count). The van der Waals surface area contributed by atoms with Crippen LogP contribution in [0.3, 0.4) is 0 Å². The molecule has 0 fully saturated rings. The molecule has 0 aliphatic rings. The third-order valence-corrected chi connectivity index (χ3v) is 1.96. The molecule has 0 aliphatic heterocycles. The molecule has 6 nitrogen and oxygen atoms in total. The van der Waals surface area contributed by atoms with E-state index in [0.717, 1.165) is 0 Å². The lowest BCUT2D eigenvalue weighted by atomic mass is 10.1. The third-order valence-electron chi connectivity index (χ3n) is 1.77. The van der Waals surface area contributed by atoms with Crippen molar-refractivity contribution in [3.8, 4) is 0 Å². The summed E-state index contributed by atoms with van der Waals surface area (Å²) in [6.07, 6.45) is 0. The molecule has 0 saturated heterocycles. The van der Waals surface area contributed by atoms with Crippen LogP contribution >= 0.6 is 11.6 Å². The van der Waals surface area contributed by atoms with E-state index < -0.39 is 11.4 Å². The summed E-state index contributed by atoms with van der Waals surface area (Å²) in [6, 6.07) is 1.46. The van der Waals surface area contributed by atoms with Crippen molar-refractivity contribution in [3.05, 3.63) is 11.2 Å². The Labute approximate surface area is 92.0 Å². The Morgan fingerprint density at radius 3 is 2.60 bits per heavy atom. The Morgan fingerprint density at radius 2 is 2.13 bits per heavy atom. The van der Waals surface area contributed by atoms with Crippen LogP contribution in [0.5, 0.6) is 0 Å². The minimum Gasteiger partial charge on any atom is -0.368 e. The van der Waals surface area contributed by atoms with Crippen LogP contribution < -0.4 is 16.8 Å². The molecular formula is C8H12ClN5O. The fraction of sp³-hybridized carbons (Fsp3) is 0.375. The van der Waals surface area contributed by atoms with Gasteiger partial charge >= 0.3 is 0 Å². The zero-order chi connectivity index (χ0) is 11.6. The summed E-state index contributed by atoms with van der Waals surface area (Å²) in [6.45, 7) is 3.25. The average Bonchev–Trinajstić information content (AvgIpc) is 1.99. The van der Waals surface area contributed by atoms with Gasteiger partial charge in [-0.2, -0.15) is 4.98 Å². The Hall–Kier alpha value is -1.56. The maximum absolute atomic E-state index is 11.0. The van der Waals surface area contributed by atoms with E-state index in [9.17, 15) is 4.79 Å². The first-order valence-corrected chi connectivity index (χ1v) is 4.57. The molecule has 0 unspecified atom stereocenters. The summed E-state index contributed by atoms with van der Waals surface area (Å²) in [5.41, 5.74) is 9.65. The highest BCUT2D eigenvalue weighted by Gasteiger charge is 2.25. The average molecular weight is 230 g/mol. The van der Waals surface area contributed by atoms with Gasteiger partial charge in [0.05, 0.1) is 0 Å². The highest BCUT2D eigenvalue weighted by atomic mass is 35.5. The van der Waals surface area contributed by atoms with E-state index in [1.807, 2.05) is 0 Å². The largest absolute Gasteiger partial charge is 0.368 e. The Kier molecular flexibility index (Phi) is 2.99. The lowest BCUT2D eigenvalue weighted by molar-refractivity contribution is -0.121. The van der Waals surface area contributed by atoms with Crippen molar-refractivity contribution < 1.29 is 4.79 Å². The standard InChI is InChI=1S/C8H12ClN5O/c1-8(2,6(10)15)14-5-3-4(9)12-7(11)13-5/h3H,1-2H3,(H2,10,15)(H3,11,12,13,14). The quantitative estimate of drug-likeness (QED) is 0.650. The van der Waals surface area contributed by atoms with Gasteiger partial charge in [0.1, 0.15) is 16.5 Å². The zero-order valence-electron chi connectivity index (χ0n) is 8.41. The van der Waals surface area contributed by atoms with Crippen molar-refractivity contribution in [2.24, 2.45) is 5.73 Å². The van der Waals surface area contributed by atoms with E-state index >= 15 is 0 Å². The van der Waals surface area contributed by atoms with Gasteiger partial charge in [-0.3, -0.25) is 4.79 Å². The van der Waals surface area contributed by atoms with Crippen molar-refractivity contribution in [3.63, 3.8) is 0 Å². The number of nitrogens with zero attached hydrogens (tertiary/aromatic N) is 2. The number of nitrogens with one attached hydrogen (secondary N) is 1. The van der Waals surface area contributed by atoms with Crippen molar-refractivity contribution in [2.75, 3.05) is 11.1 Å². The van der Waals surface area contributed by atoms with Crippen molar-refractivity contribution in [2.45, 2.75) is 19.4 Å². The van der Waals surface area contributed by atoms with Crippen LogP contribution in [0, 0.1) is 0 Å². The van der Waals surface area contributed by atoms with E-state index in [1.165, 1.54) is 6.07 Å². The number of primary amides is 1. The predicted molar refractivity (Wildman–Crippen MR) is 58.4 cm³/mol. The van der Waals surface area contributed by atoms with Crippen molar-refractivity contribution in [1.29, 1.82) is 0 Å². The summed E-state index contributed by atoms with van der Waals surface area (Å²) < 4.78 is 0. The van der Waals surface area contributed by atoms with E-state index in [-0.39, 0.29) is 11.1 Å². The highest BCUT2D eigenvalue weighted by molar-refractivity contribution is 6.29. The number of hydrogen-bond donors (Lipinski definition) is 3. The highest BCUT2D eigenvalue weighted by Crippen LogP contribution is 2.16. The molecule has 7 heteroatoms. The number of hydrogen-bond acceptors (Lipinski definition) is 5. The lowest BCUT2D eigenvalue weighted by Gasteiger charge is -2.22. The van der Waals surface area contributed by atoms with Crippen molar-refractivity contribution in [1.82, 2.24) is 9.97 Å². The number of aromatic nitrogens is 2. The summed E-state index contributed by atoms with van der Waals surface area (Å²) >= 11 is 5.67. The normalized spacial score (nSPS) is 11.1. The minimum absolute atomic E-state index is 0.0327. The fourth-order valence-corrected chi connectivity index (χ4v) is 1.07. The van der Waals surface area contributed by atoms with Crippen LogP contribution in [0.25, 0.3) is 0 Å². The van der Waals surface area contributed by atoms with Crippen LogP contribution in [-0.2, 0) is 4.79 Å². The number of anilines is 2. The Bertz CT molecular complexity index is 372. The number of carbonyl (C=O) groups excluding carboxylic acids is 1. The van der Waals surface area contributed by atoms with E-state index in [0.29, 0.717) is 5.82 Å². The molecular weight excluding hydrogens is 218 g/mol. The molecule has 1 heterocycles. The molecule has 1 amide bonds. The number of carbonyl (C=O) groups is 1. The summed E-state index contributed by atoms with van der Waals surface area (Å²) in [5, 5.41) is 3.01. The molecule has 82 valence electrons. The van der Waals surface area contributed by atoms with Gasteiger partial charge < -0.3 is 16.8 Å². The molecule has 1 aromatic heterocycles. The Balaban J connectivity index is 2.94. The third kappa shape index (κ3) is 2.95. The smallest absolute Gasteiger partial charge is 0.242 e. The first kappa shape index (κ1) is 11.5. The van der Waals surface area contributed by atoms with Gasteiger partial charge in [0.25, 0.3) is 0 Å². The van der Waals surface area contributed by atoms with Gasteiger partial charge in [-0.15, -0.1) is 0 Å². The second-order valence-corrected chi connectivity index (χ2v) is 3.94. The van der Waals surface area contributed by atoms with E-state index in [4.69, 9.17) is 23.1 Å². The molecule has 5 N–H and O–H groups in total. The van der Waals surface area contributed by atoms with Crippen LogP contribution in [0.2, 0.25) is 5.15 Å². The first-order valence-electron chi connectivity index (χ1n) is 4.19. The summed E-state index contributed by atoms with van der Waals surface area (Å²) in [5.74, 6) is -0.114. The van der Waals surface area contributed by atoms with Crippen LogP contribution in [-0.4, -0.2) is 21.4 Å². The molecule has 0 spiro atoms. The summed E-state index contributed by atoms with van der Waals surface area (Å²) in [4.78, 5) is 18.6. The van der Waals surface area contributed by atoms with Gasteiger partial charge in [-0.25, -0.2) is 4.98 Å². The first-order chi connectivity index (χ1) is 6.81. The molecule has 0 aromatic carbocycles. The van der Waals surface area contributed by atoms with E-state index in [1.54, 1.807) is 13.8 Å². The minimum atomic E-state index is -0.926. The molecule has 1 aromatic rings. The predicted octanol–water partition coefficient (Wildman–Crippen LogP) is 0.388. The number of nitrogens with two attached hydrogens (primary N) is 2. The van der Waals surface area contributed by atoms with Gasteiger partial charge in [0.15, 0.2) is 0 Å². The molecule has 15 heavy (non-hydrogen) atoms. The fourth-order valence-electron chi connectivity index (χ4n) is 0.881. The molecule has 0 radical (unpaired) electrons. The number of rotatable bonds is 3. The van der Waals surface area contributed by atoms with Crippen molar-refractivity contribution >= 4 is 29.3 Å². The van der Waals surface area contributed by atoms with Gasteiger partial charge in [-0.1, -0.05) is 11.6 Å². The van der Waals surface area contributed by atoms with Crippen LogP contribution in [0.1, 0.15) is 13.8 Å².